The van der Waals surface area contributed by atoms with Gasteiger partial charge < -0.3 is 14.9 Å². The van der Waals surface area contributed by atoms with Gasteiger partial charge in [0.05, 0.1) is 16.7 Å². The van der Waals surface area contributed by atoms with Crippen LogP contribution in [0.1, 0.15) is 23.9 Å². The van der Waals surface area contributed by atoms with Crippen LogP contribution in [0, 0.1) is 18.3 Å². The standard InChI is InChI=1S/C20H18N4O2/c1-13-7-9-15(10-8-13)14(2)24-26-12-19(25)16(11-21)20-22-17-5-3-4-6-18(17)23-20/h3-10,25H,12H2,1-2H3,(H,22,23)/b19-16+,24-14-. The summed E-state index contributed by atoms with van der Waals surface area (Å²) in [7, 11) is 0. The minimum Gasteiger partial charge on any atom is -0.507 e. The summed E-state index contributed by atoms with van der Waals surface area (Å²) in [5, 5.41) is 23.6. The van der Waals surface area contributed by atoms with Crippen LogP contribution in [0.15, 0.2) is 59.4 Å². The number of fused-ring (bicyclic) bond motifs is 1. The molecule has 6 nitrogen and oxygen atoms in total. The molecule has 1 aromatic heterocycles. The van der Waals surface area contributed by atoms with Crippen molar-refractivity contribution in [2.75, 3.05) is 6.61 Å². The Morgan fingerprint density at radius 1 is 1.23 bits per heavy atom. The molecule has 26 heavy (non-hydrogen) atoms. The average molecular weight is 346 g/mol. The van der Waals surface area contributed by atoms with Crippen LogP contribution in [0.3, 0.4) is 0 Å². The minimum atomic E-state index is -0.230. The summed E-state index contributed by atoms with van der Waals surface area (Å²) in [5.74, 6) is 0.0704. The van der Waals surface area contributed by atoms with E-state index in [1.165, 1.54) is 0 Å². The second kappa shape index (κ2) is 7.53. The number of allylic oxidation sites excluding steroid dienone is 1. The highest BCUT2D eigenvalue weighted by Crippen LogP contribution is 2.18. The molecule has 1 heterocycles. The first-order valence-corrected chi connectivity index (χ1v) is 8.09. The van der Waals surface area contributed by atoms with Crippen LogP contribution in [0.2, 0.25) is 0 Å². The maximum Gasteiger partial charge on any atom is 0.175 e. The van der Waals surface area contributed by atoms with E-state index in [0.717, 1.165) is 22.2 Å². The van der Waals surface area contributed by atoms with Crippen molar-refractivity contribution < 1.29 is 9.94 Å². The number of benzene rings is 2. The molecular weight excluding hydrogens is 328 g/mol. The van der Waals surface area contributed by atoms with Crippen molar-refractivity contribution in [3.63, 3.8) is 0 Å². The molecule has 0 spiro atoms. The van der Waals surface area contributed by atoms with Gasteiger partial charge in [0.1, 0.15) is 11.6 Å². The molecule has 3 rings (SSSR count). The summed E-state index contributed by atoms with van der Waals surface area (Å²) in [5.41, 5.74) is 4.31. The molecule has 0 saturated heterocycles. The Labute approximate surface area is 151 Å². The summed E-state index contributed by atoms with van der Waals surface area (Å²) in [6.07, 6.45) is 0. The summed E-state index contributed by atoms with van der Waals surface area (Å²) < 4.78 is 0. The van der Waals surface area contributed by atoms with Gasteiger partial charge in [-0.3, -0.25) is 0 Å². The van der Waals surface area contributed by atoms with Gasteiger partial charge in [0.2, 0.25) is 0 Å². The van der Waals surface area contributed by atoms with Crippen molar-refractivity contribution in [1.82, 2.24) is 9.97 Å². The number of aliphatic hydroxyl groups excluding tert-OH is 1. The number of nitrogens with zero attached hydrogens (tertiary/aromatic N) is 3. The number of imidazole rings is 1. The third-order valence-electron chi connectivity index (χ3n) is 3.90. The summed E-state index contributed by atoms with van der Waals surface area (Å²) in [4.78, 5) is 12.5. The van der Waals surface area contributed by atoms with Gasteiger partial charge >= 0.3 is 0 Å². The molecule has 3 aromatic rings. The fourth-order valence-electron chi connectivity index (χ4n) is 2.44. The van der Waals surface area contributed by atoms with E-state index in [-0.39, 0.29) is 17.9 Å². The molecule has 0 fully saturated rings. The average Bonchev–Trinajstić information content (AvgIpc) is 3.06. The third kappa shape index (κ3) is 3.73. The maximum atomic E-state index is 10.2. The number of H-pyrrole nitrogens is 1. The number of hydrogen-bond donors (Lipinski definition) is 2. The molecule has 0 aliphatic carbocycles. The van der Waals surface area contributed by atoms with Crippen molar-refractivity contribution in [1.29, 1.82) is 5.26 Å². The molecular formula is C20H18N4O2. The second-order valence-corrected chi connectivity index (χ2v) is 5.85. The van der Waals surface area contributed by atoms with Crippen molar-refractivity contribution in [2.24, 2.45) is 5.16 Å². The zero-order valence-electron chi connectivity index (χ0n) is 14.5. The maximum absolute atomic E-state index is 10.2. The molecule has 130 valence electrons. The molecule has 0 radical (unpaired) electrons. The zero-order chi connectivity index (χ0) is 18.5. The quantitative estimate of drug-likeness (QED) is 0.315. The van der Waals surface area contributed by atoms with Crippen LogP contribution in [0.5, 0.6) is 0 Å². The van der Waals surface area contributed by atoms with Gasteiger partial charge in [0.25, 0.3) is 0 Å². The van der Waals surface area contributed by atoms with E-state index >= 15 is 0 Å². The van der Waals surface area contributed by atoms with E-state index in [9.17, 15) is 10.4 Å². The van der Waals surface area contributed by atoms with Crippen LogP contribution < -0.4 is 0 Å². The smallest absolute Gasteiger partial charge is 0.175 e. The largest absolute Gasteiger partial charge is 0.507 e. The second-order valence-electron chi connectivity index (χ2n) is 5.85. The summed E-state index contributed by atoms with van der Waals surface area (Å²) in [6, 6.07) is 17.2. The number of nitrogens with one attached hydrogen (secondary N) is 1. The topological polar surface area (TPSA) is 94.3 Å². The van der Waals surface area contributed by atoms with Crippen molar-refractivity contribution in [2.45, 2.75) is 13.8 Å². The van der Waals surface area contributed by atoms with Gasteiger partial charge in [-0.1, -0.05) is 47.1 Å². The summed E-state index contributed by atoms with van der Waals surface area (Å²) >= 11 is 0. The molecule has 0 atom stereocenters. The zero-order valence-corrected chi connectivity index (χ0v) is 14.5. The monoisotopic (exact) mass is 346 g/mol. The van der Waals surface area contributed by atoms with E-state index in [4.69, 9.17) is 4.84 Å². The lowest BCUT2D eigenvalue weighted by atomic mass is 10.1. The molecule has 6 heteroatoms. The van der Waals surface area contributed by atoms with E-state index in [2.05, 4.69) is 15.1 Å². The van der Waals surface area contributed by atoms with Gasteiger partial charge in [-0.25, -0.2) is 4.98 Å². The Kier molecular flexibility index (Phi) is 4.99. The fourth-order valence-corrected chi connectivity index (χ4v) is 2.44. The number of para-hydroxylation sites is 2. The predicted molar refractivity (Wildman–Crippen MR) is 101 cm³/mol. The lowest BCUT2D eigenvalue weighted by molar-refractivity contribution is 0.137. The molecule has 0 bridgehead atoms. The van der Waals surface area contributed by atoms with Crippen LogP contribution in [-0.4, -0.2) is 27.4 Å². The van der Waals surface area contributed by atoms with E-state index < -0.39 is 0 Å². The van der Waals surface area contributed by atoms with E-state index in [1.54, 1.807) is 0 Å². The van der Waals surface area contributed by atoms with Crippen LogP contribution in [0.25, 0.3) is 16.6 Å². The van der Waals surface area contributed by atoms with Crippen LogP contribution in [0.4, 0.5) is 0 Å². The first-order chi connectivity index (χ1) is 12.6. The number of aromatic nitrogens is 2. The Hall–Kier alpha value is -3.59. The fraction of sp³-hybridized carbons (Fsp3) is 0.150. The van der Waals surface area contributed by atoms with E-state index in [0.29, 0.717) is 11.5 Å². The predicted octanol–water partition coefficient (Wildman–Crippen LogP) is 4.10. The van der Waals surface area contributed by atoms with Crippen LogP contribution in [-0.2, 0) is 4.84 Å². The normalized spacial score (nSPS) is 12.6. The number of rotatable bonds is 5. The molecule has 0 amide bonds. The number of aliphatic hydroxyl groups is 1. The van der Waals surface area contributed by atoms with Crippen molar-refractivity contribution >= 4 is 22.3 Å². The first kappa shape index (κ1) is 17.2. The lowest BCUT2D eigenvalue weighted by Crippen LogP contribution is -2.01. The van der Waals surface area contributed by atoms with Gasteiger partial charge in [0.15, 0.2) is 18.2 Å². The highest BCUT2D eigenvalue weighted by molar-refractivity contribution is 5.98. The highest BCUT2D eigenvalue weighted by atomic mass is 16.6. The molecule has 0 aliphatic rings. The Balaban J connectivity index is 1.75. The Morgan fingerprint density at radius 3 is 2.65 bits per heavy atom. The SMILES string of the molecule is C/C(=N/OC/C(O)=C(/C#N)c1nc2ccccc2[nH]1)c1ccc(C)cc1. The van der Waals surface area contributed by atoms with Crippen molar-refractivity contribution in [3.8, 4) is 6.07 Å². The van der Waals surface area contributed by atoms with E-state index in [1.807, 2.05) is 68.4 Å². The Morgan fingerprint density at radius 2 is 1.96 bits per heavy atom. The number of hydrogen-bond acceptors (Lipinski definition) is 5. The summed E-state index contributed by atoms with van der Waals surface area (Å²) in [6.45, 7) is 3.61. The molecule has 2 aromatic carbocycles. The van der Waals surface area contributed by atoms with Crippen LogP contribution >= 0.6 is 0 Å². The number of nitriles is 1. The number of aromatic amines is 1. The molecule has 0 saturated carbocycles. The molecule has 0 unspecified atom stereocenters. The number of oxime groups is 1. The minimum absolute atomic E-state index is 0.0318. The van der Waals surface area contributed by atoms with Gasteiger partial charge in [0, 0.05) is 0 Å². The molecule has 0 aliphatic heterocycles. The lowest BCUT2D eigenvalue weighted by Gasteiger charge is -2.04. The van der Waals surface area contributed by atoms with Gasteiger partial charge in [-0.2, -0.15) is 5.26 Å². The third-order valence-corrected chi connectivity index (χ3v) is 3.90. The molecule has 2 N–H and O–H groups in total. The number of aryl methyl sites for hydroxylation is 1. The van der Waals surface area contributed by atoms with Gasteiger partial charge in [-0.05, 0) is 31.5 Å². The van der Waals surface area contributed by atoms with Crippen molar-refractivity contribution in [3.05, 3.63) is 71.2 Å². The first-order valence-electron chi connectivity index (χ1n) is 8.09. The Bertz CT molecular complexity index is 991. The van der Waals surface area contributed by atoms with Gasteiger partial charge in [-0.15, -0.1) is 0 Å². The highest BCUT2D eigenvalue weighted by Gasteiger charge is 2.13.